The van der Waals surface area contributed by atoms with Gasteiger partial charge in [-0.1, -0.05) is 29.4 Å². The van der Waals surface area contributed by atoms with Gasteiger partial charge in [0.1, 0.15) is 17.7 Å². The van der Waals surface area contributed by atoms with Crippen molar-refractivity contribution in [2.75, 3.05) is 11.9 Å². The Hall–Kier alpha value is -2.80. The maximum atomic E-state index is 5.61. The van der Waals surface area contributed by atoms with E-state index in [1.165, 1.54) is 0 Å². The number of hydrogen-bond donors (Lipinski definition) is 2. The van der Waals surface area contributed by atoms with Gasteiger partial charge in [0, 0.05) is 23.7 Å². The van der Waals surface area contributed by atoms with Crippen molar-refractivity contribution >= 4 is 5.82 Å². The minimum absolute atomic E-state index is 0.176. The van der Waals surface area contributed by atoms with Crippen molar-refractivity contribution in [1.82, 2.24) is 20.1 Å². The number of hydrogen-bond acceptors (Lipinski definition) is 7. The van der Waals surface area contributed by atoms with Crippen molar-refractivity contribution in [2.24, 2.45) is 5.73 Å². The number of anilines is 1. The molecule has 0 aliphatic carbocycles. The molecule has 0 saturated carbocycles. The molecule has 0 aliphatic rings. The highest BCUT2D eigenvalue weighted by molar-refractivity contribution is 5.59. The first kappa shape index (κ1) is 17.0. The number of nitrogens with two attached hydrogens (primary N) is 1. The molecular weight excluding hydrogens is 316 g/mol. The van der Waals surface area contributed by atoms with E-state index in [0.717, 1.165) is 22.6 Å². The summed E-state index contributed by atoms with van der Waals surface area (Å²) >= 11 is 0. The number of benzene rings is 1. The van der Waals surface area contributed by atoms with Crippen LogP contribution in [0.1, 0.15) is 35.9 Å². The van der Waals surface area contributed by atoms with E-state index in [0.29, 0.717) is 30.5 Å². The standard InChI is InChI=1S/C18H22N6O/c1-11-6-4-5-7-15(11)17-23-18(25-24-17)12(2)20-16-10-14(8-9-19)21-13(3)22-16/h4-7,10,12H,8-9,19H2,1-3H3,(H,20,21,22). The van der Waals surface area contributed by atoms with Crippen LogP contribution in [-0.4, -0.2) is 26.7 Å². The van der Waals surface area contributed by atoms with Gasteiger partial charge >= 0.3 is 0 Å². The van der Waals surface area contributed by atoms with E-state index in [9.17, 15) is 0 Å². The van der Waals surface area contributed by atoms with E-state index >= 15 is 0 Å². The highest BCUT2D eigenvalue weighted by Gasteiger charge is 2.17. The summed E-state index contributed by atoms with van der Waals surface area (Å²) in [6.45, 7) is 6.39. The van der Waals surface area contributed by atoms with Gasteiger partial charge in [0.15, 0.2) is 0 Å². The van der Waals surface area contributed by atoms with E-state index in [-0.39, 0.29) is 6.04 Å². The van der Waals surface area contributed by atoms with Gasteiger partial charge in [0.2, 0.25) is 11.7 Å². The molecule has 3 N–H and O–H groups in total. The summed E-state index contributed by atoms with van der Waals surface area (Å²) in [7, 11) is 0. The highest BCUT2D eigenvalue weighted by Crippen LogP contribution is 2.23. The lowest BCUT2D eigenvalue weighted by atomic mass is 10.1. The van der Waals surface area contributed by atoms with Gasteiger partial charge in [0.05, 0.1) is 0 Å². The fraction of sp³-hybridized carbons (Fsp3) is 0.333. The van der Waals surface area contributed by atoms with Crippen LogP contribution < -0.4 is 11.1 Å². The van der Waals surface area contributed by atoms with E-state index in [1.807, 2.05) is 51.1 Å². The average molecular weight is 338 g/mol. The lowest BCUT2D eigenvalue weighted by molar-refractivity contribution is 0.367. The molecule has 2 heterocycles. The normalized spacial score (nSPS) is 12.2. The van der Waals surface area contributed by atoms with Gasteiger partial charge in [-0.25, -0.2) is 9.97 Å². The summed E-state index contributed by atoms with van der Waals surface area (Å²) in [6.07, 6.45) is 0.713. The van der Waals surface area contributed by atoms with Crippen LogP contribution in [0, 0.1) is 13.8 Å². The van der Waals surface area contributed by atoms with Crippen molar-refractivity contribution < 1.29 is 4.52 Å². The quantitative estimate of drug-likeness (QED) is 0.712. The fourth-order valence-corrected chi connectivity index (χ4v) is 2.61. The van der Waals surface area contributed by atoms with Gasteiger partial charge in [0.25, 0.3) is 0 Å². The van der Waals surface area contributed by atoms with E-state index < -0.39 is 0 Å². The lowest BCUT2D eigenvalue weighted by Gasteiger charge is -2.12. The van der Waals surface area contributed by atoms with Gasteiger partial charge in [-0.15, -0.1) is 0 Å². The van der Waals surface area contributed by atoms with Gasteiger partial charge < -0.3 is 15.6 Å². The van der Waals surface area contributed by atoms with Crippen LogP contribution in [0.15, 0.2) is 34.9 Å². The second-order valence-corrected chi connectivity index (χ2v) is 5.97. The number of aromatic nitrogens is 4. The predicted octanol–water partition coefficient (Wildman–Crippen LogP) is 2.82. The Bertz CT molecular complexity index is 860. The van der Waals surface area contributed by atoms with Crippen molar-refractivity contribution in [2.45, 2.75) is 33.2 Å². The third-order valence-electron chi connectivity index (χ3n) is 3.85. The van der Waals surface area contributed by atoms with E-state index in [2.05, 4.69) is 25.4 Å². The molecule has 0 radical (unpaired) electrons. The van der Waals surface area contributed by atoms with Crippen LogP contribution in [0.2, 0.25) is 0 Å². The molecule has 0 amide bonds. The summed E-state index contributed by atoms with van der Waals surface area (Å²) in [5.41, 5.74) is 8.59. The summed E-state index contributed by atoms with van der Waals surface area (Å²) in [5, 5.41) is 7.39. The zero-order chi connectivity index (χ0) is 17.8. The Labute approximate surface area is 146 Å². The molecule has 2 aromatic heterocycles. The molecule has 3 rings (SSSR count). The molecule has 1 aromatic carbocycles. The summed E-state index contributed by atoms with van der Waals surface area (Å²) < 4.78 is 5.43. The molecule has 0 saturated heterocycles. The predicted molar refractivity (Wildman–Crippen MR) is 96.0 cm³/mol. The zero-order valence-corrected chi connectivity index (χ0v) is 14.7. The van der Waals surface area contributed by atoms with Crippen LogP contribution in [0.3, 0.4) is 0 Å². The Kier molecular flexibility index (Phi) is 5.04. The number of nitrogens with zero attached hydrogens (tertiary/aromatic N) is 4. The Balaban J connectivity index is 1.78. The molecule has 0 fully saturated rings. The minimum atomic E-state index is -0.176. The molecule has 7 nitrogen and oxygen atoms in total. The number of nitrogens with one attached hydrogen (secondary N) is 1. The maximum Gasteiger partial charge on any atom is 0.249 e. The molecule has 0 aliphatic heterocycles. The molecule has 3 aromatic rings. The summed E-state index contributed by atoms with van der Waals surface area (Å²) in [5.74, 6) is 2.52. The van der Waals surface area contributed by atoms with Gasteiger partial charge in [-0.05, 0) is 32.9 Å². The Morgan fingerprint density at radius 2 is 1.96 bits per heavy atom. The minimum Gasteiger partial charge on any atom is -0.358 e. The van der Waals surface area contributed by atoms with Crippen LogP contribution in [0.5, 0.6) is 0 Å². The van der Waals surface area contributed by atoms with Crippen LogP contribution >= 0.6 is 0 Å². The SMILES string of the molecule is Cc1nc(CCN)cc(NC(C)c2nc(-c3ccccc3C)no2)n1. The van der Waals surface area contributed by atoms with Crippen LogP contribution in [-0.2, 0) is 6.42 Å². The molecule has 1 unspecified atom stereocenters. The molecule has 7 heteroatoms. The second-order valence-electron chi connectivity index (χ2n) is 5.97. The monoisotopic (exact) mass is 338 g/mol. The first-order valence-electron chi connectivity index (χ1n) is 8.27. The molecule has 1 atom stereocenters. The first-order valence-corrected chi connectivity index (χ1v) is 8.27. The highest BCUT2D eigenvalue weighted by atomic mass is 16.5. The number of aryl methyl sites for hydroxylation is 2. The zero-order valence-electron chi connectivity index (χ0n) is 14.7. The van der Waals surface area contributed by atoms with Gasteiger partial charge in [-0.2, -0.15) is 4.98 Å². The molecule has 130 valence electrons. The Morgan fingerprint density at radius 3 is 2.72 bits per heavy atom. The van der Waals surface area contributed by atoms with Crippen molar-refractivity contribution in [3.05, 3.63) is 53.3 Å². The van der Waals surface area contributed by atoms with Crippen molar-refractivity contribution in [1.29, 1.82) is 0 Å². The lowest BCUT2D eigenvalue weighted by Crippen LogP contribution is -2.11. The molecule has 25 heavy (non-hydrogen) atoms. The second kappa shape index (κ2) is 7.40. The molecule has 0 bridgehead atoms. The van der Waals surface area contributed by atoms with E-state index in [1.54, 1.807) is 0 Å². The van der Waals surface area contributed by atoms with Crippen molar-refractivity contribution in [3.63, 3.8) is 0 Å². The van der Waals surface area contributed by atoms with Crippen LogP contribution in [0.4, 0.5) is 5.82 Å². The topological polar surface area (TPSA) is 103 Å². The molecule has 0 spiro atoms. The summed E-state index contributed by atoms with van der Waals surface area (Å²) in [6, 6.07) is 9.67. The maximum absolute atomic E-state index is 5.61. The third kappa shape index (κ3) is 4.00. The fourth-order valence-electron chi connectivity index (χ4n) is 2.61. The smallest absolute Gasteiger partial charge is 0.249 e. The average Bonchev–Trinajstić information content (AvgIpc) is 3.05. The molecular formula is C18H22N6O. The van der Waals surface area contributed by atoms with E-state index in [4.69, 9.17) is 10.3 Å². The van der Waals surface area contributed by atoms with Gasteiger partial charge in [-0.3, -0.25) is 0 Å². The largest absolute Gasteiger partial charge is 0.358 e. The number of rotatable bonds is 6. The summed E-state index contributed by atoms with van der Waals surface area (Å²) in [4.78, 5) is 13.3. The Morgan fingerprint density at radius 1 is 1.16 bits per heavy atom. The van der Waals surface area contributed by atoms with Crippen LogP contribution in [0.25, 0.3) is 11.4 Å². The van der Waals surface area contributed by atoms with Crippen molar-refractivity contribution in [3.8, 4) is 11.4 Å². The third-order valence-corrected chi connectivity index (χ3v) is 3.85. The first-order chi connectivity index (χ1) is 12.1.